The lowest BCUT2D eigenvalue weighted by Crippen LogP contribution is -2.12. The third-order valence-electron chi connectivity index (χ3n) is 3.57. The molecule has 0 bridgehead atoms. The molecule has 1 heterocycles. The molecule has 0 fully saturated rings. The predicted molar refractivity (Wildman–Crippen MR) is 109 cm³/mol. The third-order valence-corrected chi connectivity index (χ3v) is 5.15. The number of ether oxygens (including phenoxy) is 2. The zero-order valence-electron chi connectivity index (χ0n) is 14.4. The van der Waals surface area contributed by atoms with Crippen LogP contribution in [0.15, 0.2) is 41.8 Å². The Morgan fingerprint density at radius 3 is 2.63 bits per heavy atom. The molecule has 2 aromatic carbocycles. The van der Waals surface area contributed by atoms with Gasteiger partial charge in [-0.1, -0.05) is 29.3 Å². The summed E-state index contributed by atoms with van der Waals surface area (Å²) in [6, 6.07) is 10.4. The van der Waals surface area contributed by atoms with Gasteiger partial charge in [0.15, 0.2) is 16.6 Å². The first-order valence-corrected chi connectivity index (χ1v) is 9.35. The van der Waals surface area contributed by atoms with Gasteiger partial charge in [-0.15, -0.1) is 11.3 Å². The molecule has 27 heavy (non-hydrogen) atoms. The smallest absolute Gasteiger partial charge is 0.275 e. The Morgan fingerprint density at radius 1 is 1.11 bits per heavy atom. The van der Waals surface area contributed by atoms with Gasteiger partial charge in [0.25, 0.3) is 5.91 Å². The van der Waals surface area contributed by atoms with Crippen LogP contribution in [0.25, 0.3) is 0 Å². The van der Waals surface area contributed by atoms with E-state index in [9.17, 15) is 4.79 Å². The number of carbonyl (C=O) groups is 1. The lowest BCUT2D eigenvalue weighted by molar-refractivity contribution is 0.102. The molecule has 3 rings (SSSR count). The number of rotatable bonds is 6. The molecule has 0 aliphatic carbocycles. The molecule has 1 aromatic heterocycles. The summed E-state index contributed by atoms with van der Waals surface area (Å²) in [6.07, 6.45) is 0. The molecular formula is C18H15Cl2N3O3S. The molecule has 2 N–H and O–H groups in total. The van der Waals surface area contributed by atoms with E-state index < -0.39 is 0 Å². The van der Waals surface area contributed by atoms with Crippen LogP contribution >= 0.6 is 34.5 Å². The summed E-state index contributed by atoms with van der Waals surface area (Å²) in [6.45, 7) is 0. The van der Waals surface area contributed by atoms with E-state index in [4.69, 9.17) is 32.7 Å². The average molecular weight is 424 g/mol. The van der Waals surface area contributed by atoms with Crippen molar-refractivity contribution in [3.8, 4) is 11.5 Å². The monoisotopic (exact) mass is 423 g/mol. The molecule has 0 atom stereocenters. The maximum Gasteiger partial charge on any atom is 0.275 e. The van der Waals surface area contributed by atoms with Gasteiger partial charge in [-0.25, -0.2) is 4.98 Å². The Morgan fingerprint density at radius 2 is 1.89 bits per heavy atom. The number of thiazole rings is 1. The number of methoxy groups -OCH3 is 2. The van der Waals surface area contributed by atoms with Crippen molar-refractivity contribution in [2.24, 2.45) is 0 Å². The first kappa shape index (κ1) is 19.3. The molecule has 140 valence electrons. The molecule has 0 aliphatic heterocycles. The first-order valence-electron chi connectivity index (χ1n) is 7.71. The SMILES string of the molecule is COc1ccc(Nc2nc(C(=O)Nc3cccc(Cl)c3Cl)cs2)cc1OC. The zero-order valence-corrected chi connectivity index (χ0v) is 16.7. The van der Waals surface area contributed by atoms with E-state index in [2.05, 4.69) is 15.6 Å². The Hall–Kier alpha value is -2.48. The highest BCUT2D eigenvalue weighted by Crippen LogP contribution is 2.32. The van der Waals surface area contributed by atoms with Gasteiger partial charge in [-0.3, -0.25) is 4.79 Å². The highest BCUT2D eigenvalue weighted by Gasteiger charge is 2.14. The van der Waals surface area contributed by atoms with E-state index >= 15 is 0 Å². The Balaban J connectivity index is 1.73. The van der Waals surface area contributed by atoms with Crippen molar-refractivity contribution < 1.29 is 14.3 Å². The van der Waals surface area contributed by atoms with Crippen molar-refractivity contribution in [2.75, 3.05) is 24.9 Å². The fourth-order valence-corrected chi connectivity index (χ4v) is 3.32. The van der Waals surface area contributed by atoms with Gasteiger partial charge in [-0.2, -0.15) is 0 Å². The standard InChI is InChI=1S/C18H15Cl2N3O3S/c1-25-14-7-6-10(8-15(14)26-2)21-18-23-13(9-27-18)17(24)22-12-5-3-4-11(19)16(12)20/h3-9H,1-2H3,(H,21,23)(H,22,24). The number of carbonyl (C=O) groups excluding carboxylic acids is 1. The van der Waals surface area contributed by atoms with Crippen LogP contribution in [0.5, 0.6) is 11.5 Å². The van der Waals surface area contributed by atoms with Crippen molar-refractivity contribution in [3.63, 3.8) is 0 Å². The summed E-state index contributed by atoms with van der Waals surface area (Å²) in [7, 11) is 3.14. The summed E-state index contributed by atoms with van der Waals surface area (Å²) in [5, 5.41) is 8.69. The normalized spacial score (nSPS) is 10.4. The number of aromatic nitrogens is 1. The highest BCUT2D eigenvalue weighted by atomic mass is 35.5. The first-order chi connectivity index (χ1) is 13.0. The summed E-state index contributed by atoms with van der Waals surface area (Å²) < 4.78 is 10.5. The van der Waals surface area contributed by atoms with Crippen LogP contribution in [0.3, 0.4) is 0 Å². The second kappa shape index (κ2) is 8.47. The maximum absolute atomic E-state index is 12.4. The van der Waals surface area contributed by atoms with Crippen molar-refractivity contribution in [1.29, 1.82) is 0 Å². The minimum atomic E-state index is -0.379. The number of nitrogens with zero attached hydrogens (tertiary/aromatic N) is 1. The number of hydrogen-bond acceptors (Lipinski definition) is 6. The van der Waals surface area contributed by atoms with Gasteiger partial charge < -0.3 is 20.1 Å². The van der Waals surface area contributed by atoms with Crippen LogP contribution in [0, 0.1) is 0 Å². The number of halogens is 2. The van der Waals surface area contributed by atoms with Crippen LogP contribution in [-0.2, 0) is 0 Å². The molecule has 0 radical (unpaired) electrons. The maximum atomic E-state index is 12.4. The number of anilines is 3. The predicted octanol–water partition coefficient (Wildman–Crippen LogP) is 5.46. The van der Waals surface area contributed by atoms with Crippen molar-refractivity contribution >= 4 is 57.0 Å². The minimum Gasteiger partial charge on any atom is -0.493 e. The Labute approximate surface area is 170 Å². The van der Waals surface area contributed by atoms with Crippen LogP contribution in [-0.4, -0.2) is 25.1 Å². The molecule has 0 saturated carbocycles. The second-order valence-electron chi connectivity index (χ2n) is 5.29. The van der Waals surface area contributed by atoms with Crippen LogP contribution < -0.4 is 20.1 Å². The van der Waals surface area contributed by atoms with E-state index in [-0.39, 0.29) is 16.6 Å². The van der Waals surface area contributed by atoms with Crippen LogP contribution in [0.2, 0.25) is 10.0 Å². The molecule has 0 aliphatic rings. The summed E-state index contributed by atoms with van der Waals surface area (Å²) in [5.74, 6) is 0.837. The van der Waals surface area contributed by atoms with E-state index in [0.29, 0.717) is 27.3 Å². The number of benzene rings is 2. The Bertz CT molecular complexity index is 978. The van der Waals surface area contributed by atoms with E-state index in [1.165, 1.54) is 11.3 Å². The second-order valence-corrected chi connectivity index (χ2v) is 6.93. The molecule has 6 nitrogen and oxygen atoms in total. The lowest BCUT2D eigenvalue weighted by Gasteiger charge is -2.09. The fourth-order valence-electron chi connectivity index (χ4n) is 2.26. The van der Waals surface area contributed by atoms with Gasteiger partial charge in [0, 0.05) is 17.1 Å². The number of hydrogen-bond donors (Lipinski definition) is 2. The van der Waals surface area contributed by atoms with E-state index in [0.717, 1.165) is 5.69 Å². The van der Waals surface area contributed by atoms with Crippen molar-refractivity contribution in [1.82, 2.24) is 4.98 Å². The molecule has 0 saturated heterocycles. The minimum absolute atomic E-state index is 0.263. The largest absolute Gasteiger partial charge is 0.493 e. The Kier molecular flexibility index (Phi) is 6.05. The topological polar surface area (TPSA) is 72.5 Å². The van der Waals surface area contributed by atoms with E-state index in [1.54, 1.807) is 49.9 Å². The average Bonchev–Trinajstić information content (AvgIpc) is 3.14. The molecule has 0 unspecified atom stereocenters. The lowest BCUT2D eigenvalue weighted by atomic mass is 10.3. The van der Waals surface area contributed by atoms with Crippen molar-refractivity contribution in [2.45, 2.75) is 0 Å². The number of amides is 1. The molecule has 0 spiro atoms. The van der Waals surface area contributed by atoms with Gasteiger partial charge in [0.1, 0.15) is 5.69 Å². The number of nitrogens with one attached hydrogen (secondary N) is 2. The highest BCUT2D eigenvalue weighted by molar-refractivity contribution is 7.14. The van der Waals surface area contributed by atoms with Crippen LogP contribution in [0.4, 0.5) is 16.5 Å². The van der Waals surface area contributed by atoms with Crippen molar-refractivity contribution in [3.05, 3.63) is 57.5 Å². The van der Waals surface area contributed by atoms with E-state index in [1.807, 2.05) is 6.07 Å². The van der Waals surface area contributed by atoms with Crippen LogP contribution in [0.1, 0.15) is 10.5 Å². The summed E-state index contributed by atoms with van der Waals surface area (Å²) in [5.41, 5.74) is 1.45. The molecule has 9 heteroatoms. The van der Waals surface area contributed by atoms with Gasteiger partial charge in [0.2, 0.25) is 0 Å². The summed E-state index contributed by atoms with van der Waals surface area (Å²) in [4.78, 5) is 16.7. The van der Waals surface area contributed by atoms with Gasteiger partial charge >= 0.3 is 0 Å². The van der Waals surface area contributed by atoms with Gasteiger partial charge in [-0.05, 0) is 24.3 Å². The van der Waals surface area contributed by atoms with Gasteiger partial charge in [0.05, 0.1) is 30.0 Å². The fraction of sp³-hybridized carbons (Fsp3) is 0.111. The summed E-state index contributed by atoms with van der Waals surface area (Å²) >= 11 is 13.3. The molecular weight excluding hydrogens is 409 g/mol. The zero-order chi connectivity index (χ0) is 19.4. The molecule has 1 amide bonds. The third kappa shape index (κ3) is 4.44. The molecule has 3 aromatic rings. The quantitative estimate of drug-likeness (QED) is 0.550.